The zero-order valence-corrected chi connectivity index (χ0v) is 11.8. The van der Waals surface area contributed by atoms with Gasteiger partial charge in [-0.2, -0.15) is 0 Å². The molecule has 0 radical (unpaired) electrons. The predicted octanol–water partition coefficient (Wildman–Crippen LogP) is 0.410. The van der Waals surface area contributed by atoms with E-state index in [9.17, 15) is 9.90 Å². The molecule has 1 aliphatic rings. The van der Waals surface area contributed by atoms with E-state index in [1.165, 1.54) is 0 Å². The van der Waals surface area contributed by atoms with E-state index in [0.717, 1.165) is 12.0 Å². The Morgan fingerprint density at radius 2 is 2.35 bits per heavy atom. The van der Waals surface area contributed by atoms with Crippen molar-refractivity contribution in [2.45, 2.75) is 25.5 Å². The van der Waals surface area contributed by atoms with Crippen molar-refractivity contribution in [2.75, 3.05) is 26.3 Å². The first-order valence-electron chi connectivity index (χ1n) is 6.98. The van der Waals surface area contributed by atoms with Crippen molar-refractivity contribution in [1.29, 1.82) is 0 Å². The number of nitrogens with zero attached hydrogens (tertiary/aromatic N) is 1. The van der Waals surface area contributed by atoms with Crippen molar-refractivity contribution in [3.05, 3.63) is 35.4 Å². The van der Waals surface area contributed by atoms with Crippen LogP contribution in [0.15, 0.2) is 24.3 Å². The zero-order valence-electron chi connectivity index (χ0n) is 11.8. The van der Waals surface area contributed by atoms with Gasteiger partial charge in [0.1, 0.15) is 0 Å². The zero-order chi connectivity index (χ0) is 14.5. The van der Waals surface area contributed by atoms with Gasteiger partial charge in [0.2, 0.25) is 0 Å². The quantitative estimate of drug-likeness (QED) is 0.836. The normalized spacial score (nSPS) is 22.9. The summed E-state index contributed by atoms with van der Waals surface area (Å²) in [4.78, 5) is 14.4. The minimum absolute atomic E-state index is 0.0156. The average molecular weight is 278 g/mol. The highest BCUT2D eigenvalue weighted by molar-refractivity contribution is 5.94. The SMILES string of the molecule is CC1COC(CO)CN1C(=O)c1cccc(CCN)c1. The van der Waals surface area contributed by atoms with E-state index < -0.39 is 0 Å². The maximum absolute atomic E-state index is 12.6. The smallest absolute Gasteiger partial charge is 0.254 e. The molecule has 2 atom stereocenters. The number of carbonyl (C=O) groups is 1. The van der Waals surface area contributed by atoms with Gasteiger partial charge in [0, 0.05) is 12.1 Å². The Hall–Kier alpha value is -1.43. The van der Waals surface area contributed by atoms with Crippen LogP contribution >= 0.6 is 0 Å². The molecule has 3 N–H and O–H groups in total. The maximum Gasteiger partial charge on any atom is 0.254 e. The Labute approximate surface area is 119 Å². The van der Waals surface area contributed by atoms with E-state index in [1.54, 1.807) is 4.90 Å². The van der Waals surface area contributed by atoms with Crippen LogP contribution in [-0.4, -0.2) is 54.4 Å². The molecule has 5 heteroatoms. The number of hydrogen-bond donors (Lipinski definition) is 2. The number of rotatable bonds is 4. The lowest BCUT2D eigenvalue weighted by Gasteiger charge is -2.37. The summed E-state index contributed by atoms with van der Waals surface area (Å²) in [6.45, 7) is 3.34. The van der Waals surface area contributed by atoms with Gasteiger partial charge in [-0.05, 0) is 37.6 Å². The molecular weight excluding hydrogens is 256 g/mol. The largest absolute Gasteiger partial charge is 0.394 e. The topological polar surface area (TPSA) is 75.8 Å². The van der Waals surface area contributed by atoms with E-state index in [0.29, 0.717) is 25.3 Å². The third-order valence-corrected chi connectivity index (χ3v) is 3.58. The minimum atomic E-state index is -0.289. The molecule has 1 aliphatic heterocycles. The Balaban J connectivity index is 2.14. The van der Waals surface area contributed by atoms with Gasteiger partial charge < -0.3 is 20.5 Å². The summed E-state index contributed by atoms with van der Waals surface area (Å²) in [5, 5.41) is 9.18. The molecule has 0 saturated carbocycles. The molecule has 2 unspecified atom stereocenters. The van der Waals surface area contributed by atoms with Gasteiger partial charge in [-0.3, -0.25) is 4.79 Å². The predicted molar refractivity (Wildman–Crippen MR) is 76.5 cm³/mol. The summed E-state index contributed by atoms with van der Waals surface area (Å²) in [7, 11) is 0. The summed E-state index contributed by atoms with van der Waals surface area (Å²) in [5.41, 5.74) is 7.28. The fraction of sp³-hybridized carbons (Fsp3) is 0.533. The first-order chi connectivity index (χ1) is 9.65. The van der Waals surface area contributed by atoms with Crippen LogP contribution in [0.1, 0.15) is 22.8 Å². The summed E-state index contributed by atoms with van der Waals surface area (Å²) in [5.74, 6) is -0.0156. The van der Waals surface area contributed by atoms with Gasteiger partial charge in [0.25, 0.3) is 5.91 Å². The van der Waals surface area contributed by atoms with Gasteiger partial charge in [0.15, 0.2) is 0 Å². The number of benzene rings is 1. The molecule has 1 saturated heterocycles. The molecule has 1 fully saturated rings. The average Bonchev–Trinajstić information content (AvgIpc) is 2.48. The number of hydrogen-bond acceptors (Lipinski definition) is 4. The second-order valence-corrected chi connectivity index (χ2v) is 5.18. The molecule has 2 rings (SSSR count). The van der Waals surface area contributed by atoms with Crippen molar-refractivity contribution in [3.8, 4) is 0 Å². The number of amides is 1. The van der Waals surface area contributed by atoms with Gasteiger partial charge >= 0.3 is 0 Å². The van der Waals surface area contributed by atoms with Crippen molar-refractivity contribution < 1.29 is 14.6 Å². The molecule has 1 amide bonds. The van der Waals surface area contributed by atoms with E-state index in [1.807, 2.05) is 31.2 Å². The van der Waals surface area contributed by atoms with E-state index in [2.05, 4.69) is 0 Å². The second kappa shape index (κ2) is 6.83. The van der Waals surface area contributed by atoms with Crippen LogP contribution in [-0.2, 0) is 11.2 Å². The summed E-state index contributed by atoms with van der Waals surface area (Å²) < 4.78 is 5.46. The van der Waals surface area contributed by atoms with Crippen LogP contribution in [0.25, 0.3) is 0 Å². The van der Waals surface area contributed by atoms with Crippen LogP contribution in [0, 0.1) is 0 Å². The fourth-order valence-corrected chi connectivity index (χ4v) is 2.40. The molecule has 0 bridgehead atoms. The van der Waals surface area contributed by atoms with Gasteiger partial charge in [0.05, 0.1) is 25.4 Å². The van der Waals surface area contributed by atoms with Gasteiger partial charge in [-0.1, -0.05) is 12.1 Å². The number of nitrogens with two attached hydrogens (primary N) is 1. The molecule has 1 aromatic carbocycles. The van der Waals surface area contributed by atoms with E-state index >= 15 is 0 Å². The van der Waals surface area contributed by atoms with Crippen LogP contribution in [0.5, 0.6) is 0 Å². The fourth-order valence-electron chi connectivity index (χ4n) is 2.40. The highest BCUT2D eigenvalue weighted by atomic mass is 16.5. The Bertz CT molecular complexity index is 464. The Morgan fingerprint density at radius 1 is 1.55 bits per heavy atom. The van der Waals surface area contributed by atoms with Crippen LogP contribution in [0.2, 0.25) is 0 Å². The Kier molecular flexibility index (Phi) is 5.11. The monoisotopic (exact) mass is 278 g/mol. The van der Waals surface area contributed by atoms with Crippen molar-refractivity contribution in [2.24, 2.45) is 5.73 Å². The molecule has 0 aromatic heterocycles. The third-order valence-electron chi connectivity index (χ3n) is 3.58. The first kappa shape index (κ1) is 15.0. The number of aliphatic hydroxyl groups is 1. The molecular formula is C15H22N2O3. The first-order valence-corrected chi connectivity index (χ1v) is 6.98. The lowest BCUT2D eigenvalue weighted by atomic mass is 10.1. The van der Waals surface area contributed by atoms with Crippen molar-refractivity contribution >= 4 is 5.91 Å². The highest BCUT2D eigenvalue weighted by Crippen LogP contribution is 2.16. The third kappa shape index (κ3) is 3.36. The molecule has 20 heavy (non-hydrogen) atoms. The highest BCUT2D eigenvalue weighted by Gasteiger charge is 2.29. The molecule has 1 aromatic rings. The molecule has 0 spiro atoms. The van der Waals surface area contributed by atoms with Gasteiger partial charge in [-0.25, -0.2) is 0 Å². The molecule has 110 valence electrons. The Morgan fingerprint density at radius 3 is 3.05 bits per heavy atom. The lowest BCUT2D eigenvalue weighted by Crippen LogP contribution is -2.52. The second-order valence-electron chi connectivity index (χ2n) is 5.18. The standard InChI is InChI=1S/C15H22N2O3/c1-11-10-20-14(9-18)8-17(11)15(19)13-4-2-3-12(7-13)5-6-16/h2-4,7,11,14,18H,5-6,8-10,16H2,1H3. The summed E-state index contributed by atoms with van der Waals surface area (Å²) >= 11 is 0. The van der Waals surface area contributed by atoms with Crippen LogP contribution < -0.4 is 5.73 Å². The molecule has 5 nitrogen and oxygen atoms in total. The van der Waals surface area contributed by atoms with E-state index in [-0.39, 0.29) is 24.7 Å². The van der Waals surface area contributed by atoms with E-state index in [4.69, 9.17) is 10.5 Å². The maximum atomic E-state index is 12.6. The number of carbonyl (C=O) groups excluding carboxylic acids is 1. The number of morpholine rings is 1. The lowest BCUT2D eigenvalue weighted by molar-refractivity contribution is -0.0667. The van der Waals surface area contributed by atoms with Gasteiger partial charge in [-0.15, -0.1) is 0 Å². The summed E-state index contributed by atoms with van der Waals surface area (Å²) in [6.07, 6.45) is 0.473. The minimum Gasteiger partial charge on any atom is -0.394 e. The molecule has 1 heterocycles. The number of ether oxygens (including phenoxy) is 1. The van der Waals surface area contributed by atoms with Crippen LogP contribution in [0.4, 0.5) is 0 Å². The van der Waals surface area contributed by atoms with Crippen LogP contribution in [0.3, 0.4) is 0 Å². The molecule has 0 aliphatic carbocycles. The van der Waals surface area contributed by atoms with Crippen molar-refractivity contribution in [1.82, 2.24) is 4.90 Å². The number of aliphatic hydroxyl groups excluding tert-OH is 1. The summed E-state index contributed by atoms with van der Waals surface area (Å²) in [6, 6.07) is 7.59. The van der Waals surface area contributed by atoms with Crippen molar-refractivity contribution in [3.63, 3.8) is 0 Å².